The molecule has 38 heavy (non-hydrogen) atoms. The van der Waals surface area contributed by atoms with E-state index < -0.39 is 26.3 Å². The van der Waals surface area contributed by atoms with Crippen molar-refractivity contribution >= 4 is 20.2 Å². The first-order valence-electron chi connectivity index (χ1n) is 14.2. The second-order valence-electron chi connectivity index (χ2n) is 10.2. The van der Waals surface area contributed by atoms with E-state index in [4.69, 9.17) is 8.74 Å². The smallest absolute Gasteiger partial charge is 0.267 e. The maximum Gasteiger partial charge on any atom is 0.267 e. The van der Waals surface area contributed by atoms with E-state index in [1.54, 1.807) is 0 Å². The Morgan fingerprint density at radius 3 is 1.39 bits per heavy atom. The van der Waals surface area contributed by atoms with Crippen LogP contribution in [0.5, 0.6) is 0 Å². The summed E-state index contributed by atoms with van der Waals surface area (Å²) >= 11 is 0. The summed E-state index contributed by atoms with van der Waals surface area (Å²) < 4.78 is 61.2. The molecule has 0 aliphatic carbocycles. The highest BCUT2D eigenvalue weighted by molar-refractivity contribution is 7.86. The molecule has 0 saturated heterocycles. The summed E-state index contributed by atoms with van der Waals surface area (Å²) in [6.45, 7) is 0. The lowest BCUT2D eigenvalue weighted by molar-refractivity contribution is 0.213. The maximum absolute atomic E-state index is 12.7. The second-order valence-corrected chi connectivity index (χ2v) is 13.5. The number of unbranched alkanes of at least 4 members (excludes halogenated alkanes) is 13. The van der Waals surface area contributed by atoms with Gasteiger partial charge in [0.2, 0.25) is 0 Å². The van der Waals surface area contributed by atoms with Gasteiger partial charge in [-0.05, 0) is 24.0 Å². The van der Waals surface area contributed by atoms with Crippen LogP contribution in [-0.4, -0.2) is 32.9 Å². The molecule has 0 fully saturated rings. The lowest BCUT2D eigenvalue weighted by Crippen LogP contribution is -2.17. The molecule has 0 radical (unpaired) electrons. The van der Waals surface area contributed by atoms with Crippen molar-refractivity contribution < 1.29 is 25.6 Å². The molecule has 6 nitrogen and oxygen atoms in total. The zero-order valence-electron chi connectivity index (χ0n) is 22.7. The third kappa shape index (κ3) is 16.3. The van der Waals surface area contributed by atoms with Crippen LogP contribution >= 0.6 is 0 Å². The van der Waals surface area contributed by atoms with Crippen LogP contribution in [0.2, 0.25) is 0 Å². The number of rotatable bonds is 22. The number of hydrogen-bond donors (Lipinski definition) is 1. The van der Waals surface area contributed by atoms with Gasteiger partial charge in [-0.25, -0.2) is 0 Å². The molecule has 1 N–H and O–H groups in total. The zero-order valence-corrected chi connectivity index (χ0v) is 24.3. The second kappa shape index (κ2) is 18.5. The number of hydrogen-bond acceptors (Lipinski definition) is 5. The van der Waals surface area contributed by atoms with E-state index in [1.165, 1.54) is 38.5 Å². The molecular weight excluding hydrogens is 520 g/mol. The van der Waals surface area contributed by atoms with Crippen molar-refractivity contribution in [1.29, 1.82) is 0 Å². The normalized spacial score (nSPS) is 13.0. The SMILES string of the molecule is O=S(=O)(O)CCCCCCCCCCCCCCCCS(=O)(=O)OC(Cc1ccccc1)c1ccccc1. The first-order chi connectivity index (χ1) is 18.3. The number of benzene rings is 2. The highest BCUT2D eigenvalue weighted by Gasteiger charge is 2.21. The summed E-state index contributed by atoms with van der Waals surface area (Å²) in [5, 5.41) is 0. The van der Waals surface area contributed by atoms with E-state index in [1.807, 2.05) is 60.7 Å². The molecule has 0 bridgehead atoms. The first-order valence-corrected chi connectivity index (χ1v) is 17.4. The topological polar surface area (TPSA) is 97.7 Å². The van der Waals surface area contributed by atoms with Crippen LogP contribution in [0.25, 0.3) is 0 Å². The molecule has 0 aliphatic heterocycles. The van der Waals surface area contributed by atoms with E-state index in [0.29, 0.717) is 19.3 Å². The molecule has 0 heterocycles. The minimum atomic E-state index is -3.81. The van der Waals surface area contributed by atoms with E-state index >= 15 is 0 Å². The van der Waals surface area contributed by atoms with Crippen LogP contribution in [0.4, 0.5) is 0 Å². The maximum atomic E-state index is 12.7. The zero-order chi connectivity index (χ0) is 27.5. The molecule has 0 aliphatic rings. The van der Waals surface area contributed by atoms with Crippen molar-refractivity contribution in [3.63, 3.8) is 0 Å². The summed E-state index contributed by atoms with van der Waals surface area (Å²) in [4.78, 5) is 0. The van der Waals surface area contributed by atoms with Crippen LogP contribution in [0.3, 0.4) is 0 Å². The molecule has 0 spiro atoms. The Morgan fingerprint density at radius 2 is 0.947 bits per heavy atom. The van der Waals surface area contributed by atoms with Crippen LogP contribution in [0.1, 0.15) is 107 Å². The van der Waals surface area contributed by atoms with E-state index in [2.05, 4.69) is 0 Å². The Morgan fingerprint density at radius 1 is 0.553 bits per heavy atom. The lowest BCUT2D eigenvalue weighted by atomic mass is 10.0. The van der Waals surface area contributed by atoms with Crippen LogP contribution in [-0.2, 0) is 30.8 Å². The standard InChI is InChI=1S/C30H46O6S2/c31-37(32,33)25-19-11-9-7-5-3-1-2-4-6-8-10-12-20-26-38(34,35)36-30(29-23-17-14-18-24-29)27-28-21-15-13-16-22-28/h13-18,21-24,30H,1-12,19-20,25-27H2,(H,31,32,33). The Hall–Kier alpha value is -1.74. The molecule has 1 unspecified atom stereocenters. The molecule has 2 aromatic carbocycles. The fourth-order valence-electron chi connectivity index (χ4n) is 4.61. The molecule has 8 heteroatoms. The van der Waals surface area contributed by atoms with E-state index in [0.717, 1.165) is 49.7 Å². The monoisotopic (exact) mass is 566 g/mol. The highest BCUT2D eigenvalue weighted by atomic mass is 32.2. The third-order valence-corrected chi connectivity index (χ3v) is 8.86. The fourth-order valence-corrected chi connectivity index (χ4v) is 6.37. The summed E-state index contributed by atoms with van der Waals surface area (Å²) in [6.07, 6.45) is 14.5. The first kappa shape index (κ1) is 32.5. The Bertz CT molecular complexity index is 1070. The minimum absolute atomic E-state index is 0.0565. The molecular formula is C30H46O6S2. The van der Waals surface area contributed by atoms with Gasteiger partial charge in [0.15, 0.2) is 0 Å². The largest absolute Gasteiger partial charge is 0.286 e. The van der Waals surface area contributed by atoms with Crippen molar-refractivity contribution in [3.8, 4) is 0 Å². The van der Waals surface area contributed by atoms with Crippen molar-refractivity contribution in [2.45, 2.75) is 102 Å². The Balaban J connectivity index is 1.51. The third-order valence-electron chi connectivity index (χ3n) is 6.74. The predicted octanol–water partition coefficient (Wildman–Crippen LogP) is 7.67. The fraction of sp³-hybridized carbons (Fsp3) is 0.600. The van der Waals surface area contributed by atoms with Gasteiger partial charge in [0.05, 0.1) is 11.5 Å². The van der Waals surface area contributed by atoms with Crippen LogP contribution < -0.4 is 0 Å². The van der Waals surface area contributed by atoms with Gasteiger partial charge in [0, 0.05) is 6.42 Å². The van der Waals surface area contributed by atoms with Crippen LogP contribution in [0, 0.1) is 0 Å². The van der Waals surface area contributed by atoms with Gasteiger partial charge >= 0.3 is 0 Å². The minimum Gasteiger partial charge on any atom is -0.286 e. The summed E-state index contributed by atoms with van der Waals surface area (Å²) in [7, 11) is -7.42. The summed E-state index contributed by atoms with van der Waals surface area (Å²) in [5.74, 6) is -0.0684. The van der Waals surface area contributed by atoms with Crippen molar-refractivity contribution in [2.75, 3.05) is 11.5 Å². The van der Waals surface area contributed by atoms with Crippen molar-refractivity contribution in [1.82, 2.24) is 0 Å². The Labute approximate surface area is 231 Å². The van der Waals surface area contributed by atoms with Gasteiger partial charge in [0.25, 0.3) is 20.2 Å². The molecule has 0 saturated carbocycles. The van der Waals surface area contributed by atoms with Crippen LogP contribution in [0.15, 0.2) is 60.7 Å². The van der Waals surface area contributed by atoms with Gasteiger partial charge in [-0.15, -0.1) is 0 Å². The molecule has 214 valence electrons. The van der Waals surface area contributed by atoms with Crippen molar-refractivity contribution in [2.24, 2.45) is 0 Å². The lowest BCUT2D eigenvalue weighted by Gasteiger charge is -2.18. The van der Waals surface area contributed by atoms with Gasteiger partial charge in [0.1, 0.15) is 6.10 Å². The highest BCUT2D eigenvalue weighted by Crippen LogP contribution is 2.25. The van der Waals surface area contributed by atoms with Gasteiger partial charge < -0.3 is 0 Å². The molecule has 2 rings (SSSR count). The summed E-state index contributed by atoms with van der Waals surface area (Å²) in [5.41, 5.74) is 1.92. The van der Waals surface area contributed by atoms with E-state index in [9.17, 15) is 16.8 Å². The Kier molecular flexibility index (Phi) is 15.8. The average molecular weight is 567 g/mol. The van der Waals surface area contributed by atoms with Gasteiger partial charge in [-0.1, -0.05) is 138 Å². The van der Waals surface area contributed by atoms with Gasteiger partial charge in [-0.3, -0.25) is 8.74 Å². The molecule has 0 aromatic heterocycles. The molecule has 2 aromatic rings. The van der Waals surface area contributed by atoms with E-state index in [-0.39, 0.29) is 11.5 Å². The van der Waals surface area contributed by atoms with Gasteiger partial charge in [-0.2, -0.15) is 16.8 Å². The van der Waals surface area contributed by atoms with Crippen molar-refractivity contribution in [3.05, 3.63) is 71.8 Å². The molecule has 0 amide bonds. The predicted molar refractivity (Wildman–Crippen MR) is 155 cm³/mol. The summed E-state index contributed by atoms with van der Waals surface area (Å²) in [6, 6.07) is 19.4. The average Bonchev–Trinajstić information content (AvgIpc) is 2.88. The molecule has 1 atom stereocenters. The quantitative estimate of drug-likeness (QED) is 0.0892.